The molecule has 0 spiro atoms. The van der Waals surface area contributed by atoms with E-state index in [1.807, 2.05) is 36.4 Å². The lowest BCUT2D eigenvalue weighted by molar-refractivity contribution is 0.0696. The minimum absolute atomic E-state index is 0.113. The number of nitrogens with zero attached hydrogens (tertiary/aromatic N) is 2. The largest absolute Gasteiger partial charge is 0.487 e. The van der Waals surface area contributed by atoms with Gasteiger partial charge in [-0.2, -0.15) is 5.10 Å². The summed E-state index contributed by atoms with van der Waals surface area (Å²) in [6.07, 6.45) is 2.84. The van der Waals surface area contributed by atoms with E-state index in [-0.39, 0.29) is 5.56 Å². The van der Waals surface area contributed by atoms with Crippen LogP contribution >= 0.6 is 11.6 Å². The summed E-state index contributed by atoms with van der Waals surface area (Å²) in [5.41, 5.74) is 4.68. The number of halogens is 1. The van der Waals surface area contributed by atoms with Crippen molar-refractivity contribution in [2.75, 3.05) is 5.43 Å². The van der Waals surface area contributed by atoms with Crippen molar-refractivity contribution in [1.82, 2.24) is 4.98 Å². The maximum atomic E-state index is 10.8. The number of rotatable bonds is 7. The van der Waals surface area contributed by atoms with Crippen LogP contribution < -0.4 is 10.2 Å². The van der Waals surface area contributed by atoms with Gasteiger partial charge in [0.25, 0.3) is 0 Å². The van der Waals surface area contributed by atoms with E-state index in [1.165, 1.54) is 18.3 Å². The summed E-state index contributed by atoms with van der Waals surface area (Å²) in [6, 6.07) is 18.2. The van der Waals surface area contributed by atoms with Crippen LogP contribution in [0.4, 0.5) is 5.82 Å². The minimum atomic E-state index is -1.03. The lowest BCUT2D eigenvalue weighted by Crippen LogP contribution is -1.99. The van der Waals surface area contributed by atoms with Crippen molar-refractivity contribution in [1.29, 1.82) is 0 Å². The van der Waals surface area contributed by atoms with Crippen molar-refractivity contribution >= 4 is 29.6 Å². The number of carbonyl (C=O) groups is 1. The monoisotopic (exact) mass is 381 g/mol. The second-order valence-corrected chi connectivity index (χ2v) is 5.98. The topological polar surface area (TPSA) is 83.8 Å². The van der Waals surface area contributed by atoms with Crippen molar-refractivity contribution in [3.05, 3.63) is 88.6 Å². The van der Waals surface area contributed by atoms with Crippen LogP contribution in [0.15, 0.2) is 72.0 Å². The molecule has 3 rings (SSSR count). The number of hydrogen-bond acceptors (Lipinski definition) is 5. The summed E-state index contributed by atoms with van der Waals surface area (Å²) >= 11 is 6.26. The van der Waals surface area contributed by atoms with Gasteiger partial charge in [0.15, 0.2) is 0 Å². The molecule has 0 bridgehead atoms. The summed E-state index contributed by atoms with van der Waals surface area (Å²) in [4.78, 5) is 14.7. The number of aromatic carboxylic acids is 1. The molecular formula is C20H16ClN3O3. The molecule has 0 fully saturated rings. The van der Waals surface area contributed by atoms with Gasteiger partial charge in [0, 0.05) is 6.20 Å². The fraction of sp³-hybridized carbons (Fsp3) is 0.0500. The third-order valence-corrected chi connectivity index (χ3v) is 3.89. The van der Waals surface area contributed by atoms with Crippen LogP contribution in [0.2, 0.25) is 5.02 Å². The first-order chi connectivity index (χ1) is 13.1. The van der Waals surface area contributed by atoms with Crippen LogP contribution in [0.25, 0.3) is 0 Å². The maximum Gasteiger partial charge on any atom is 0.337 e. The van der Waals surface area contributed by atoms with Gasteiger partial charge in [-0.3, -0.25) is 5.43 Å². The minimum Gasteiger partial charge on any atom is -0.487 e. The summed E-state index contributed by atoms with van der Waals surface area (Å²) in [5.74, 6) is 0.00322. The standard InChI is InChI=1S/C20H16ClN3O3/c21-17-10-15(6-8-18(17)27-13-14-4-2-1-3-5-14)11-23-24-19-9-7-16(12-22-19)20(25)26/h1-12H,13H2,(H,22,24)(H,25,26)/b23-11+. The van der Waals surface area contributed by atoms with Gasteiger partial charge in [-0.15, -0.1) is 0 Å². The zero-order valence-corrected chi connectivity index (χ0v) is 14.9. The number of ether oxygens (including phenoxy) is 1. The van der Waals surface area contributed by atoms with Crippen LogP contribution in [0.1, 0.15) is 21.5 Å². The first kappa shape index (κ1) is 18.4. The molecule has 1 heterocycles. The predicted octanol–water partition coefficient (Wildman–Crippen LogP) is 4.46. The molecule has 0 aliphatic carbocycles. The Morgan fingerprint density at radius 3 is 2.67 bits per heavy atom. The van der Waals surface area contributed by atoms with Gasteiger partial charge in [-0.25, -0.2) is 9.78 Å². The highest BCUT2D eigenvalue weighted by Gasteiger charge is 2.04. The van der Waals surface area contributed by atoms with Crippen molar-refractivity contribution in [2.45, 2.75) is 6.61 Å². The van der Waals surface area contributed by atoms with Crippen molar-refractivity contribution in [2.24, 2.45) is 5.10 Å². The van der Waals surface area contributed by atoms with Crippen molar-refractivity contribution < 1.29 is 14.6 Å². The molecular weight excluding hydrogens is 366 g/mol. The van der Waals surface area contributed by atoms with Crippen LogP contribution in [0, 0.1) is 0 Å². The highest BCUT2D eigenvalue weighted by atomic mass is 35.5. The average Bonchev–Trinajstić information content (AvgIpc) is 2.68. The molecule has 27 heavy (non-hydrogen) atoms. The molecule has 0 radical (unpaired) electrons. The third kappa shape index (κ3) is 5.29. The van der Waals surface area contributed by atoms with Gasteiger partial charge < -0.3 is 9.84 Å². The number of nitrogens with one attached hydrogen (secondary N) is 1. The maximum absolute atomic E-state index is 10.8. The Labute approximate surface area is 161 Å². The summed E-state index contributed by atoms with van der Waals surface area (Å²) in [6.45, 7) is 0.438. The number of hydrogen-bond donors (Lipinski definition) is 2. The number of aromatic nitrogens is 1. The van der Waals surface area contributed by atoms with Gasteiger partial charge in [-0.1, -0.05) is 41.9 Å². The molecule has 2 N–H and O–H groups in total. The zero-order valence-electron chi connectivity index (χ0n) is 14.2. The molecule has 2 aromatic carbocycles. The number of carboxylic acid groups (broad SMARTS) is 1. The second kappa shape index (κ2) is 8.82. The molecule has 0 aliphatic heterocycles. The van der Waals surface area contributed by atoms with E-state index in [0.717, 1.165) is 11.1 Å². The lowest BCUT2D eigenvalue weighted by Gasteiger charge is -2.08. The van der Waals surface area contributed by atoms with E-state index >= 15 is 0 Å². The average molecular weight is 382 g/mol. The molecule has 0 saturated heterocycles. The van der Waals surface area contributed by atoms with E-state index in [9.17, 15) is 4.79 Å². The Morgan fingerprint density at radius 1 is 1.19 bits per heavy atom. The van der Waals surface area contributed by atoms with Crippen LogP contribution in [0.5, 0.6) is 5.75 Å². The number of benzene rings is 2. The van der Waals surface area contributed by atoms with Gasteiger partial charge >= 0.3 is 5.97 Å². The summed E-state index contributed by atoms with van der Waals surface area (Å²) in [7, 11) is 0. The van der Waals surface area contributed by atoms with Gasteiger partial charge in [0.1, 0.15) is 18.2 Å². The SMILES string of the molecule is O=C(O)c1ccc(N/N=C/c2ccc(OCc3ccccc3)c(Cl)c2)nc1. The Bertz CT molecular complexity index is 944. The van der Waals surface area contributed by atoms with E-state index in [4.69, 9.17) is 21.4 Å². The summed E-state index contributed by atoms with van der Waals surface area (Å²) in [5, 5.41) is 13.4. The fourth-order valence-electron chi connectivity index (χ4n) is 2.21. The number of hydrazone groups is 1. The molecule has 0 saturated carbocycles. The first-order valence-corrected chi connectivity index (χ1v) is 8.44. The smallest absolute Gasteiger partial charge is 0.337 e. The molecule has 1 aromatic heterocycles. The van der Waals surface area contributed by atoms with Gasteiger partial charge in [0.05, 0.1) is 16.8 Å². The van der Waals surface area contributed by atoms with Crippen LogP contribution in [0.3, 0.4) is 0 Å². The molecule has 6 nitrogen and oxygen atoms in total. The lowest BCUT2D eigenvalue weighted by atomic mass is 10.2. The molecule has 136 valence electrons. The zero-order chi connectivity index (χ0) is 19.1. The quantitative estimate of drug-likeness (QED) is 0.466. The van der Waals surface area contributed by atoms with E-state index < -0.39 is 5.97 Å². The highest BCUT2D eigenvalue weighted by Crippen LogP contribution is 2.25. The Balaban J connectivity index is 1.58. The molecule has 0 atom stereocenters. The Morgan fingerprint density at radius 2 is 2.00 bits per heavy atom. The second-order valence-electron chi connectivity index (χ2n) is 5.57. The number of anilines is 1. The van der Waals surface area contributed by atoms with Crippen molar-refractivity contribution in [3.63, 3.8) is 0 Å². The molecule has 0 aliphatic rings. The van der Waals surface area contributed by atoms with E-state index in [2.05, 4.69) is 15.5 Å². The Hall–Kier alpha value is -3.38. The van der Waals surface area contributed by atoms with E-state index in [1.54, 1.807) is 18.3 Å². The van der Waals surface area contributed by atoms with Gasteiger partial charge in [0.2, 0.25) is 0 Å². The van der Waals surface area contributed by atoms with E-state index in [0.29, 0.717) is 23.2 Å². The molecule has 0 amide bonds. The predicted molar refractivity (Wildman–Crippen MR) is 105 cm³/mol. The summed E-state index contributed by atoms with van der Waals surface area (Å²) < 4.78 is 5.73. The first-order valence-electron chi connectivity index (χ1n) is 8.06. The van der Waals surface area contributed by atoms with Gasteiger partial charge in [-0.05, 0) is 41.5 Å². The third-order valence-electron chi connectivity index (χ3n) is 3.60. The Kier molecular flexibility index (Phi) is 6.02. The van der Waals surface area contributed by atoms with Crippen LogP contribution in [-0.2, 0) is 6.61 Å². The van der Waals surface area contributed by atoms with Crippen molar-refractivity contribution in [3.8, 4) is 5.75 Å². The fourth-order valence-corrected chi connectivity index (χ4v) is 2.45. The molecule has 7 heteroatoms. The number of pyridine rings is 1. The van der Waals surface area contributed by atoms with Crippen LogP contribution in [-0.4, -0.2) is 22.3 Å². The molecule has 0 unspecified atom stereocenters. The highest BCUT2D eigenvalue weighted by molar-refractivity contribution is 6.32. The number of carboxylic acids is 1. The molecule has 3 aromatic rings. The normalized spacial score (nSPS) is 10.7.